The van der Waals surface area contributed by atoms with Crippen molar-refractivity contribution in [1.82, 2.24) is 19.4 Å². The molecule has 1 aromatic carbocycles. The fourth-order valence-electron chi connectivity index (χ4n) is 3.90. The van der Waals surface area contributed by atoms with Gasteiger partial charge in [-0.15, -0.1) is 0 Å². The van der Waals surface area contributed by atoms with Gasteiger partial charge in [-0.25, -0.2) is 13.1 Å². The number of sulfonamides is 1. The summed E-state index contributed by atoms with van der Waals surface area (Å²) in [5.74, 6) is 0.104. The molecule has 9 heteroatoms. The summed E-state index contributed by atoms with van der Waals surface area (Å²) in [5, 5.41) is 1.11. The van der Waals surface area contributed by atoms with Crippen LogP contribution in [0.2, 0.25) is 0 Å². The van der Waals surface area contributed by atoms with Crippen LogP contribution in [-0.2, 0) is 19.6 Å². The minimum atomic E-state index is -3.60. The number of benzene rings is 1. The summed E-state index contributed by atoms with van der Waals surface area (Å²) in [4.78, 5) is 31.1. The number of hydrogen-bond donors (Lipinski definition) is 1. The van der Waals surface area contributed by atoms with E-state index in [1.807, 2.05) is 35.2 Å². The van der Waals surface area contributed by atoms with Gasteiger partial charge in [0, 0.05) is 63.6 Å². The summed E-state index contributed by atoms with van der Waals surface area (Å²) >= 11 is 0. The molecule has 0 saturated carbocycles. The number of nitrogens with zero attached hydrogens (tertiary/aromatic N) is 3. The van der Waals surface area contributed by atoms with Gasteiger partial charge in [0.05, 0.1) is 0 Å². The standard InChI is InChI=1S/C22H32N4O4S/c1-24-14-16-26(17-15-24)22(28)20-8-12-25(13-9-20)21(27)7-11-23-31(29,30)18-10-19-5-3-2-4-6-19/h2-6,10,18,20,23H,7-9,11-17H2,1H3/b18-10+. The molecule has 0 spiro atoms. The van der Waals surface area contributed by atoms with E-state index in [-0.39, 0.29) is 30.7 Å². The van der Waals surface area contributed by atoms with Crippen LogP contribution in [0.15, 0.2) is 35.7 Å². The van der Waals surface area contributed by atoms with E-state index in [4.69, 9.17) is 0 Å². The molecule has 3 rings (SSSR count). The van der Waals surface area contributed by atoms with Crippen molar-refractivity contribution in [2.24, 2.45) is 5.92 Å². The first-order valence-electron chi connectivity index (χ1n) is 10.8. The predicted molar refractivity (Wildman–Crippen MR) is 120 cm³/mol. The smallest absolute Gasteiger partial charge is 0.233 e. The summed E-state index contributed by atoms with van der Waals surface area (Å²) in [6.45, 7) is 4.49. The molecular weight excluding hydrogens is 416 g/mol. The largest absolute Gasteiger partial charge is 0.343 e. The predicted octanol–water partition coefficient (Wildman–Crippen LogP) is 0.979. The van der Waals surface area contributed by atoms with Gasteiger partial charge in [-0.2, -0.15) is 0 Å². The second-order valence-electron chi connectivity index (χ2n) is 8.19. The lowest BCUT2D eigenvalue weighted by Gasteiger charge is -2.37. The lowest BCUT2D eigenvalue weighted by molar-refractivity contribution is -0.141. The molecule has 0 radical (unpaired) electrons. The molecular formula is C22H32N4O4S. The van der Waals surface area contributed by atoms with E-state index in [1.54, 1.807) is 4.90 Å². The molecule has 2 aliphatic rings. The number of rotatable bonds is 7. The molecule has 31 heavy (non-hydrogen) atoms. The van der Waals surface area contributed by atoms with Gasteiger partial charge in [0.15, 0.2) is 0 Å². The van der Waals surface area contributed by atoms with Crippen LogP contribution in [0, 0.1) is 5.92 Å². The monoisotopic (exact) mass is 448 g/mol. The fourth-order valence-corrected chi connectivity index (χ4v) is 4.72. The van der Waals surface area contributed by atoms with Gasteiger partial charge in [-0.05, 0) is 31.5 Å². The van der Waals surface area contributed by atoms with Crippen LogP contribution >= 0.6 is 0 Å². The maximum atomic E-state index is 12.7. The van der Waals surface area contributed by atoms with Crippen LogP contribution in [-0.4, -0.2) is 87.8 Å². The third-order valence-corrected chi connectivity index (χ3v) is 6.99. The summed E-state index contributed by atoms with van der Waals surface area (Å²) in [5.41, 5.74) is 0.790. The SMILES string of the molecule is CN1CCN(C(=O)C2CCN(C(=O)CCNS(=O)(=O)/C=C/c3ccccc3)CC2)CC1. The zero-order valence-corrected chi connectivity index (χ0v) is 18.9. The van der Waals surface area contributed by atoms with Gasteiger partial charge in [0.1, 0.15) is 0 Å². The van der Waals surface area contributed by atoms with Gasteiger partial charge in [-0.1, -0.05) is 30.3 Å². The quantitative estimate of drug-likeness (QED) is 0.672. The van der Waals surface area contributed by atoms with Crippen LogP contribution in [0.4, 0.5) is 0 Å². The number of amides is 2. The highest BCUT2D eigenvalue weighted by Gasteiger charge is 2.31. The molecule has 1 N–H and O–H groups in total. The van der Waals surface area contributed by atoms with Crippen molar-refractivity contribution >= 4 is 27.9 Å². The normalized spacial score (nSPS) is 19.1. The Kier molecular flexibility index (Phi) is 8.22. The Morgan fingerprint density at radius 1 is 1.00 bits per heavy atom. The second kappa shape index (κ2) is 10.9. The Morgan fingerprint density at radius 3 is 2.29 bits per heavy atom. The molecule has 2 amide bonds. The number of carbonyl (C=O) groups is 2. The Hall–Kier alpha value is -2.23. The summed E-state index contributed by atoms with van der Waals surface area (Å²) in [6, 6.07) is 9.16. The van der Waals surface area contributed by atoms with E-state index in [2.05, 4.69) is 16.7 Å². The van der Waals surface area contributed by atoms with Crippen molar-refractivity contribution in [3.05, 3.63) is 41.3 Å². The lowest BCUT2D eigenvalue weighted by Crippen LogP contribution is -2.51. The number of nitrogens with one attached hydrogen (secondary N) is 1. The first-order valence-corrected chi connectivity index (χ1v) is 12.4. The molecule has 1 aromatic rings. The molecule has 8 nitrogen and oxygen atoms in total. The van der Waals surface area contributed by atoms with Crippen molar-refractivity contribution in [2.45, 2.75) is 19.3 Å². The van der Waals surface area contributed by atoms with Gasteiger partial charge in [-0.3, -0.25) is 9.59 Å². The first kappa shape index (κ1) is 23.4. The molecule has 0 atom stereocenters. The third kappa shape index (κ3) is 7.15. The van der Waals surface area contributed by atoms with Crippen LogP contribution in [0.3, 0.4) is 0 Å². The van der Waals surface area contributed by atoms with Crippen molar-refractivity contribution in [3.8, 4) is 0 Å². The number of piperazine rings is 1. The number of piperidine rings is 1. The number of carbonyl (C=O) groups excluding carboxylic acids is 2. The lowest BCUT2D eigenvalue weighted by atomic mass is 9.94. The van der Waals surface area contributed by atoms with Crippen molar-refractivity contribution in [3.63, 3.8) is 0 Å². The molecule has 0 aromatic heterocycles. The van der Waals surface area contributed by atoms with E-state index in [0.29, 0.717) is 25.9 Å². The molecule has 2 aliphatic heterocycles. The van der Waals surface area contributed by atoms with Gasteiger partial charge in [0.25, 0.3) is 0 Å². The van der Waals surface area contributed by atoms with Crippen molar-refractivity contribution < 1.29 is 18.0 Å². The molecule has 2 fully saturated rings. The number of hydrogen-bond acceptors (Lipinski definition) is 5. The van der Waals surface area contributed by atoms with E-state index < -0.39 is 10.0 Å². The molecule has 170 valence electrons. The number of likely N-dealkylation sites (N-methyl/N-ethyl adjacent to an activating group) is 1. The topological polar surface area (TPSA) is 90.0 Å². The molecule has 2 saturated heterocycles. The van der Waals surface area contributed by atoms with Gasteiger partial charge >= 0.3 is 0 Å². The zero-order chi connectivity index (χ0) is 22.3. The van der Waals surface area contributed by atoms with E-state index >= 15 is 0 Å². The third-order valence-electron chi connectivity index (χ3n) is 5.89. The van der Waals surface area contributed by atoms with Crippen LogP contribution in [0.25, 0.3) is 6.08 Å². The Balaban J connectivity index is 1.38. The highest BCUT2D eigenvalue weighted by atomic mass is 32.2. The van der Waals surface area contributed by atoms with Crippen LogP contribution in [0.1, 0.15) is 24.8 Å². The minimum Gasteiger partial charge on any atom is -0.343 e. The Morgan fingerprint density at radius 2 is 1.65 bits per heavy atom. The Bertz CT molecular complexity index is 872. The highest BCUT2D eigenvalue weighted by molar-refractivity contribution is 7.92. The molecule has 2 heterocycles. The summed E-state index contributed by atoms with van der Waals surface area (Å²) in [7, 11) is -1.54. The van der Waals surface area contributed by atoms with Crippen molar-refractivity contribution in [2.75, 3.05) is 52.9 Å². The van der Waals surface area contributed by atoms with E-state index in [9.17, 15) is 18.0 Å². The molecule has 0 bridgehead atoms. The second-order valence-corrected chi connectivity index (χ2v) is 9.84. The van der Waals surface area contributed by atoms with E-state index in [1.165, 1.54) is 6.08 Å². The first-order chi connectivity index (χ1) is 14.8. The summed E-state index contributed by atoms with van der Waals surface area (Å²) < 4.78 is 26.6. The van der Waals surface area contributed by atoms with Crippen molar-refractivity contribution in [1.29, 1.82) is 0 Å². The number of likely N-dealkylation sites (tertiary alicyclic amines) is 1. The highest BCUT2D eigenvalue weighted by Crippen LogP contribution is 2.21. The zero-order valence-electron chi connectivity index (χ0n) is 18.1. The fraction of sp³-hybridized carbons (Fsp3) is 0.545. The maximum Gasteiger partial charge on any atom is 0.233 e. The summed E-state index contributed by atoms with van der Waals surface area (Å²) in [6.07, 6.45) is 2.96. The minimum absolute atomic E-state index is 0.0194. The maximum absolute atomic E-state index is 12.7. The molecule has 0 aliphatic carbocycles. The van der Waals surface area contributed by atoms with Crippen LogP contribution < -0.4 is 4.72 Å². The Labute approximate surface area is 184 Å². The van der Waals surface area contributed by atoms with Crippen LogP contribution in [0.5, 0.6) is 0 Å². The average molecular weight is 449 g/mol. The molecule has 0 unspecified atom stereocenters. The van der Waals surface area contributed by atoms with Gasteiger partial charge in [0.2, 0.25) is 21.8 Å². The van der Waals surface area contributed by atoms with E-state index in [0.717, 1.165) is 37.2 Å². The van der Waals surface area contributed by atoms with Gasteiger partial charge < -0.3 is 14.7 Å². The average Bonchev–Trinajstić information content (AvgIpc) is 2.78.